The first-order valence-corrected chi connectivity index (χ1v) is 11.9. The molecule has 5 nitrogen and oxygen atoms in total. The van der Waals surface area contributed by atoms with E-state index in [4.69, 9.17) is 23.8 Å². The fourth-order valence-electron chi connectivity index (χ4n) is 4.56. The summed E-state index contributed by atoms with van der Waals surface area (Å²) in [6, 6.07) is 21.2. The van der Waals surface area contributed by atoms with Gasteiger partial charge in [-0.15, -0.1) is 0 Å². The predicted molar refractivity (Wildman–Crippen MR) is 137 cm³/mol. The molecule has 8 heteroatoms. The Balaban J connectivity index is 1.82. The summed E-state index contributed by atoms with van der Waals surface area (Å²) < 4.78 is 13.5. The third kappa shape index (κ3) is 4.65. The lowest BCUT2D eigenvalue weighted by Gasteiger charge is -2.49. The molecule has 1 N–H and O–H groups in total. The van der Waals surface area contributed by atoms with Crippen molar-refractivity contribution in [3.05, 3.63) is 100 Å². The second-order valence-corrected chi connectivity index (χ2v) is 9.26. The fraction of sp³-hybridized carbons (Fsp3) is 0.222. The quantitative estimate of drug-likeness (QED) is 0.443. The number of anilines is 1. The number of thiocarbonyl (C=S) groups is 1. The van der Waals surface area contributed by atoms with Gasteiger partial charge >= 0.3 is 0 Å². The van der Waals surface area contributed by atoms with Crippen LogP contribution in [0.5, 0.6) is 0 Å². The highest BCUT2D eigenvalue weighted by Gasteiger charge is 2.48. The SMILES string of the molecule is C[C@@H](c1ccccc1)N1C(=S)N(c2ccc(C#N)c(Cl)c2)C(=O)[C@@H]([C@H](O)c2ccc(F)cc2)[C@@H]1C. The van der Waals surface area contributed by atoms with Crippen molar-refractivity contribution in [3.8, 4) is 6.07 Å². The van der Waals surface area contributed by atoms with Gasteiger partial charge in [0.05, 0.1) is 34.3 Å². The van der Waals surface area contributed by atoms with Crippen molar-refractivity contribution in [3.63, 3.8) is 0 Å². The molecule has 0 saturated carbocycles. The molecule has 4 atom stereocenters. The Morgan fingerprint density at radius 1 is 1.09 bits per heavy atom. The van der Waals surface area contributed by atoms with E-state index in [2.05, 4.69) is 0 Å². The zero-order valence-electron chi connectivity index (χ0n) is 19.1. The summed E-state index contributed by atoms with van der Waals surface area (Å²) in [6.07, 6.45) is -1.21. The molecule has 1 saturated heterocycles. The highest BCUT2D eigenvalue weighted by molar-refractivity contribution is 7.80. The van der Waals surface area contributed by atoms with Crippen LogP contribution in [-0.4, -0.2) is 27.1 Å². The van der Waals surface area contributed by atoms with Crippen LogP contribution in [0, 0.1) is 23.1 Å². The summed E-state index contributed by atoms with van der Waals surface area (Å²) in [6.45, 7) is 3.84. The first-order chi connectivity index (χ1) is 16.7. The second kappa shape index (κ2) is 10.1. The average Bonchev–Trinajstić information content (AvgIpc) is 2.85. The molecular formula is C27H23ClFN3O2S. The van der Waals surface area contributed by atoms with Gasteiger partial charge in [0.15, 0.2) is 5.11 Å². The number of rotatable bonds is 5. The zero-order valence-corrected chi connectivity index (χ0v) is 20.7. The van der Waals surface area contributed by atoms with E-state index < -0.39 is 29.8 Å². The maximum Gasteiger partial charge on any atom is 0.241 e. The van der Waals surface area contributed by atoms with Crippen LogP contribution in [0.1, 0.15) is 42.7 Å². The van der Waals surface area contributed by atoms with Gasteiger partial charge in [-0.05, 0) is 67.5 Å². The number of aliphatic hydroxyl groups excluding tert-OH is 1. The topological polar surface area (TPSA) is 67.6 Å². The first kappa shape index (κ1) is 24.8. The Morgan fingerprint density at radius 3 is 2.34 bits per heavy atom. The van der Waals surface area contributed by atoms with Gasteiger partial charge in [-0.25, -0.2) is 4.39 Å². The molecule has 35 heavy (non-hydrogen) atoms. The predicted octanol–water partition coefficient (Wildman–Crippen LogP) is 5.78. The molecule has 0 aromatic heterocycles. The number of halogens is 2. The van der Waals surface area contributed by atoms with E-state index in [9.17, 15) is 19.6 Å². The normalized spacial score (nSPS) is 19.9. The Bertz CT molecular complexity index is 1300. The number of nitrogens with zero attached hydrogens (tertiary/aromatic N) is 3. The van der Waals surface area contributed by atoms with Crippen molar-refractivity contribution in [2.45, 2.75) is 32.0 Å². The molecule has 0 aliphatic carbocycles. The van der Waals surface area contributed by atoms with Crippen LogP contribution in [-0.2, 0) is 4.79 Å². The van der Waals surface area contributed by atoms with E-state index in [0.29, 0.717) is 11.3 Å². The summed E-state index contributed by atoms with van der Waals surface area (Å²) in [4.78, 5) is 17.2. The number of amides is 1. The average molecular weight is 508 g/mol. The van der Waals surface area contributed by atoms with Crippen LogP contribution in [0.15, 0.2) is 72.8 Å². The molecule has 1 amide bonds. The highest BCUT2D eigenvalue weighted by Crippen LogP contribution is 2.40. The lowest BCUT2D eigenvalue weighted by molar-refractivity contribution is -0.129. The van der Waals surface area contributed by atoms with Crippen molar-refractivity contribution >= 4 is 40.5 Å². The molecule has 1 aliphatic heterocycles. The number of aliphatic hydroxyl groups is 1. The largest absolute Gasteiger partial charge is 0.387 e. The number of carbonyl (C=O) groups is 1. The van der Waals surface area contributed by atoms with E-state index in [1.54, 1.807) is 6.07 Å². The van der Waals surface area contributed by atoms with Gasteiger partial charge in [0.1, 0.15) is 11.9 Å². The summed E-state index contributed by atoms with van der Waals surface area (Å²) in [7, 11) is 0. The van der Waals surface area contributed by atoms with Crippen LogP contribution in [0.2, 0.25) is 5.02 Å². The van der Waals surface area contributed by atoms with Gasteiger partial charge in [0, 0.05) is 6.04 Å². The minimum absolute atomic E-state index is 0.192. The van der Waals surface area contributed by atoms with Gasteiger partial charge in [-0.3, -0.25) is 9.69 Å². The third-order valence-corrected chi connectivity index (χ3v) is 7.16. The molecule has 4 rings (SSSR count). The van der Waals surface area contributed by atoms with Crippen molar-refractivity contribution in [2.75, 3.05) is 4.90 Å². The smallest absolute Gasteiger partial charge is 0.241 e. The Labute approximate surface area is 214 Å². The molecule has 1 heterocycles. The number of carbonyl (C=O) groups excluding carboxylic acids is 1. The van der Waals surface area contributed by atoms with Gasteiger partial charge < -0.3 is 10.0 Å². The highest BCUT2D eigenvalue weighted by atomic mass is 35.5. The van der Waals surface area contributed by atoms with Gasteiger partial charge in [0.25, 0.3) is 0 Å². The van der Waals surface area contributed by atoms with Crippen LogP contribution in [0.4, 0.5) is 10.1 Å². The van der Waals surface area contributed by atoms with Crippen molar-refractivity contribution < 1.29 is 14.3 Å². The van der Waals surface area contributed by atoms with Crippen LogP contribution >= 0.6 is 23.8 Å². The van der Waals surface area contributed by atoms with Crippen LogP contribution < -0.4 is 4.90 Å². The summed E-state index contributed by atoms with van der Waals surface area (Å²) in [5, 5.41) is 21.0. The number of hydrogen-bond acceptors (Lipinski definition) is 4. The molecule has 178 valence electrons. The number of benzene rings is 3. The van der Waals surface area contributed by atoms with Gasteiger partial charge in [-0.2, -0.15) is 5.26 Å². The van der Waals surface area contributed by atoms with E-state index in [1.165, 1.54) is 41.3 Å². The molecular weight excluding hydrogens is 485 g/mol. The lowest BCUT2D eigenvalue weighted by atomic mass is 9.85. The number of hydrogen-bond donors (Lipinski definition) is 1. The molecule has 0 spiro atoms. The Morgan fingerprint density at radius 2 is 1.74 bits per heavy atom. The van der Waals surface area contributed by atoms with E-state index >= 15 is 0 Å². The second-order valence-electron chi connectivity index (χ2n) is 8.49. The van der Waals surface area contributed by atoms with E-state index in [0.717, 1.165) is 5.56 Å². The van der Waals surface area contributed by atoms with Gasteiger partial charge in [-0.1, -0.05) is 54.1 Å². The minimum Gasteiger partial charge on any atom is -0.387 e. The lowest BCUT2D eigenvalue weighted by Crippen LogP contribution is -2.62. The molecule has 3 aromatic carbocycles. The first-order valence-electron chi connectivity index (χ1n) is 11.1. The van der Waals surface area contributed by atoms with E-state index in [1.807, 2.05) is 55.1 Å². The molecule has 1 fully saturated rings. The molecule has 0 radical (unpaired) electrons. The van der Waals surface area contributed by atoms with Crippen LogP contribution in [0.3, 0.4) is 0 Å². The summed E-state index contributed by atoms with van der Waals surface area (Å²) in [5.41, 5.74) is 2.09. The molecule has 0 unspecified atom stereocenters. The zero-order chi connectivity index (χ0) is 25.3. The minimum atomic E-state index is -1.21. The maximum absolute atomic E-state index is 13.9. The Hall–Kier alpha value is -3.31. The molecule has 1 aliphatic rings. The van der Waals surface area contributed by atoms with Crippen molar-refractivity contribution in [1.29, 1.82) is 5.26 Å². The monoisotopic (exact) mass is 507 g/mol. The van der Waals surface area contributed by atoms with Crippen molar-refractivity contribution in [1.82, 2.24) is 4.90 Å². The maximum atomic E-state index is 13.9. The molecule has 0 bridgehead atoms. The van der Waals surface area contributed by atoms with Gasteiger partial charge in [0.2, 0.25) is 5.91 Å². The standard InChI is InChI=1S/C27H23ClFN3O2S/c1-16(18-6-4-3-5-7-18)31-17(2)24(25(33)19-8-11-21(29)12-9-19)26(34)32(27(31)35)22-13-10-20(15-30)23(28)14-22/h3-14,16-17,24-25,33H,1-2H3/t16-,17-,24+,25+/m0/s1. The van der Waals surface area contributed by atoms with Crippen molar-refractivity contribution in [2.24, 2.45) is 5.92 Å². The third-order valence-electron chi connectivity index (χ3n) is 6.46. The number of nitriles is 1. The molecule has 3 aromatic rings. The van der Waals surface area contributed by atoms with Crippen LogP contribution in [0.25, 0.3) is 0 Å². The fourth-order valence-corrected chi connectivity index (χ4v) is 5.30. The summed E-state index contributed by atoms with van der Waals surface area (Å²) in [5.74, 6) is -1.75. The summed E-state index contributed by atoms with van der Waals surface area (Å²) >= 11 is 12.1. The van der Waals surface area contributed by atoms with E-state index in [-0.39, 0.29) is 21.7 Å². The Kier molecular flexibility index (Phi) is 7.18.